The molecule has 6 heteroatoms. The molecule has 0 aromatic carbocycles. The van der Waals surface area contributed by atoms with Gasteiger partial charge in [-0.05, 0) is 37.0 Å². The van der Waals surface area contributed by atoms with E-state index >= 15 is 0 Å². The van der Waals surface area contributed by atoms with E-state index in [0.29, 0.717) is 24.0 Å². The predicted octanol–water partition coefficient (Wildman–Crippen LogP) is 1.37. The summed E-state index contributed by atoms with van der Waals surface area (Å²) in [6.45, 7) is 6.25. The maximum atomic E-state index is 11.6. The van der Waals surface area contributed by atoms with Crippen LogP contribution < -0.4 is 10.6 Å². The third kappa shape index (κ3) is 4.61. The van der Waals surface area contributed by atoms with E-state index in [9.17, 15) is 19.2 Å². The van der Waals surface area contributed by atoms with Crippen LogP contribution in [-0.4, -0.2) is 23.6 Å². The van der Waals surface area contributed by atoms with Gasteiger partial charge < -0.3 is 0 Å². The van der Waals surface area contributed by atoms with E-state index in [1.54, 1.807) is 0 Å². The highest BCUT2D eigenvalue weighted by Crippen LogP contribution is 2.34. The Balaban J connectivity index is 1.85. The van der Waals surface area contributed by atoms with Crippen LogP contribution in [0.3, 0.4) is 0 Å². The molecule has 0 bridgehead atoms. The van der Waals surface area contributed by atoms with Crippen molar-refractivity contribution >= 4 is 23.6 Å². The summed E-state index contributed by atoms with van der Waals surface area (Å²) in [4.78, 5) is 45.4. The molecule has 0 radical (unpaired) electrons. The van der Waals surface area contributed by atoms with Crippen LogP contribution >= 0.6 is 0 Å². The molecule has 0 fully saturated rings. The van der Waals surface area contributed by atoms with Gasteiger partial charge in [0, 0.05) is 23.3 Å². The number of hydrogen-bond acceptors (Lipinski definition) is 4. The van der Waals surface area contributed by atoms with Crippen molar-refractivity contribution in [2.75, 3.05) is 0 Å². The molecule has 1 unspecified atom stereocenters. The van der Waals surface area contributed by atoms with Gasteiger partial charge in [-0.1, -0.05) is 20.8 Å². The molecule has 0 aromatic heterocycles. The second-order valence-corrected chi connectivity index (χ2v) is 7.15. The van der Waals surface area contributed by atoms with E-state index < -0.39 is 0 Å². The quantitative estimate of drug-likeness (QED) is 0.694. The third-order valence-corrected chi connectivity index (χ3v) is 4.21. The third-order valence-electron chi connectivity index (χ3n) is 4.21. The standard InChI is InChI=1S/C17H22N2O4/c1-10(6-12-8-14(21)19-16(12)23)9-17(2,3)5-4-11-7-13(20)18-15(11)22/h7-8,10H,4-6,9H2,1-3H3,(H,18,20,22)(H,19,21,23). The van der Waals surface area contributed by atoms with Gasteiger partial charge in [-0.3, -0.25) is 29.8 Å². The molecule has 0 aliphatic carbocycles. The lowest BCUT2D eigenvalue weighted by Crippen LogP contribution is -2.24. The highest BCUT2D eigenvalue weighted by Gasteiger charge is 2.28. The van der Waals surface area contributed by atoms with Crippen LogP contribution in [0, 0.1) is 11.3 Å². The topological polar surface area (TPSA) is 92.3 Å². The lowest BCUT2D eigenvalue weighted by atomic mass is 9.77. The fourth-order valence-corrected chi connectivity index (χ4v) is 3.21. The number of carbonyl (C=O) groups excluding carboxylic acids is 4. The minimum atomic E-state index is -0.347. The van der Waals surface area contributed by atoms with Gasteiger partial charge in [0.15, 0.2) is 0 Å². The number of hydrogen-bond donors (Lipinski definition) is 2. The Morgan fingerprint density at radius 1 is 0.957 bits per heavy atom. The molecule has 0 saturated carbocycles. The van der Waals surface area contributed by atoms with E-state index in [1.807, 2.05) is 6.92 Å². The van der Waals surface area contributed by atoms with Crippen molar-refractivity contribution in [3.05, 3.63) is 23.3 Å². The molecule has 0 saturated heterocycles. The first-order chi connectivity index (χ1) is 10.7. The van der Waals surface area contributed by atoms with Crippen molar-refractivity contribution in [2.24, 2.45) is 11.3 Å². The molecule has 0 aromatic rings. The maximum absolute atomic E-state index is 11.6. The average Bonchev–Trinajstić information content (AvgIpc) is 2.88. The molecule has 2 aliphatic rings. The fourth-order valence-electron chi connectivity index (χ4n) is 3.21. The van der Waals surface area contributed by atoms with Gasteiger partial charge in [0.2, 0.25) is 0 Å². The first-order valence-electron chi connectivity index (χ1n) is 7.78. The van der Waals surface area contributed by atoms with Gasteiger partial charge in [-0.25, -0.2) is 0 Å². The minimum Gasteiger partial charge on any atom is -0.289 e. The monoisotopic (exact) mass is 318 g/mol. The van der Waals surface area contributed by atoms with Crippen LogP contribution in [-0.2, 0) is 19.2 Å². The van der Waals surface area contributed by atoms with Gasteiger partial charge in [-0.2, -0.15) is 0 Å². The molecule has 2 heterocycles. The summed E-state index contributed by atoms with van der Waals surface area (Å²) in [7, 11) is 0. The molecule has 124 valence electrons. The molecule has 1 atom stereocenters. The van der Waals surface area contributed by atoms with Crippen molar-refractivity contribution in [3.63, 3.8) is 0 Å². The van der Waals surface area contributed by atoms with Gasteiger partial charge in [-0.15, -0.1) is 0 Å². The zero-order valence-electron chi connectivity index (χ0n) is 13.7. The molecular weight excluding hydrogens is 296 g/mol. The predicted molar refractivity (Wildman–Crippen MR) is 83.9 cm³/mol. The second kappa shape index (κ2) is 6.48. The SMILES string of the molecule is CC(CC1=CC(=O)NC1=O)CC(C)(C)CCC1=CC(=O)NC1=O. The highest BCUT2D eigenvalue weighted by molar-refractivity contribution is 6.16. The Hall–Kier alpha value is -2.24. The Kier molecular flexibility index (Phi) is 4.82. The number of amides is 4. The van der Waals surface area contributed by atoms with E-state index in [2.05, 4.69) is 24.5 Å². The summed E-state index contributed by atoms with van der Waals surface area (Å²) < 4.78 is 0. The van der Waals surface area contributed by atoms with Gasteiger partial charge in [0.1, 0.15) is 0 Å². The summed E-state index contributed by atoms with van der Waals surface area (Å²) in [5.74, 6) is -1.06. The van der Waals surface area contributed by atoms with Crippen molar-refractivity contribution in [1.82, 2.24) is 10.6 Å². The Labute approximate surface area is 135 Å². The maximum Gasteiger partial charge on any atom is 0.254 e. The second-order valence-electron chi connectivity index (χ2n) is 7.15. The number of carbonyl (C=O) groups is 4. The molecule has 2 rings (SSSR count). The van der Waals surface area contributed by atoms with Gasteiger partial charge >= 0.3 is 0 Å². The minimum absolute atomic E-state index is 0.0359. The molecule has 4 amide bonds. The Morgan fingerprint density at radius 3 is 1.96 bits per heavy atom. The zero-order chi connectivity index (χ0) is 17.2. The molecule has 0 spiro atoms. The van der Waals surface area contributed by atoms with Crippen LogP contribution in [0.5, 0.6) is 0 Å². The smallest absolute Gasteiger partial charge is 0.254 e. The van der Waals surface area contributed by atoms with Gasteiger partial charge in [0.05, 0.1) is 0 Å². The molecule has 2 aliphatic heterocycles. The first kappa shape index (κ1) is 17.1. The molecular formula is C17H22N2O4. The van der Waals surface area contributed by atoms with E-state index in [1.165, 1.54) is 12.2 Å². The van der Waals surface area contributed by atoms with E-state index in [-0.39, 0.29) is 35.0 Å². The van der Waals surface area contributed by atoms with Crippen LogP contribution in [0.4, 0.5) is 0 Å². The lowest BCUT2D eigenvalue weighted by Gasteiger charge is -2.28. The number of nitrogens with one attached hydrogen (secondary N) is 2. The largest absolute Gasteiger partial charge is 0.289 e. The summed E-state index contributed by atoms with van der Waals surface area (Å²) in [6, 6.07) is 0. The normalized spacial score (nSPS) is 19.4. The van der Waals surface area contributed by atoms with E-state index in [0.717, 1.165) is 12.8 Å². The van der Waals surface area contributed by atoms with Crippen molar-refractivity contribution < 1.29 is 19.2 Å². The average molecular weight is 318 g/mol. The summed E-state index contributed by atoms with van der Waals surface area (Å²) in [5.41, 5.74) is 1.02. The molecule has 6 nitrogen and oxygen atoms in total. The van der Waals surface area contributed by atoms with Crippen molar-refractivity contribution in [2.45, 2.75) is 46.5 Å². The zero-order valence-corrected chi connectivity index (χ0v) is 13.7. The van der Waals surface area contributed by atoms with E-state index in [4.69, 9.17) is 0 Å². The van der Waals surface area contributed by atoms with Crippen molar-refractivity contribution in [3.8, 4) is 0 Å². The van der Waals surface area contributed by atoms with Crippen LogP contribution in [0.1, 0.15) is 46.5 Å². The van der Waals surface area contributed by atoms with Crippen LogP contribution in [0.25, 0.3) is 0 Å². The van der Waals surface area contributed by atoms with Crippen LogP contribution in [0.15, 0.2) is 23.3 Å². The summed E-state index contributed by atoms with van der Waals surface area (Å²) >= 11 is 0. The first-order valence-corrected chi connectivity index (χ1v) is 7.78. The summed E-state index contributed by atoms with van der Waals surface area (Å²) in [5, 5.41) is 4.50. The summed E-state index contributed by atoms with van der Waals surface area (Å²) in [6.07, 6.45) is 5.47. The Bertz CT molecular complexity index is 629. The fraction of sp³-hybridized carbons (Fsp3) is 0.529. The lowest BCUT2D eigenvalue weighted by molar-refractivity contribution is -0.125. The molecule has 2 N–H and O–H groups in total. The molecule has 23 heavy (non-hydrogen) atoms. The van der Waals surface area contributed by atoms with Crippen molar-refractivity contribution in [1.29, 1.82) is 0 Å². The Morgan fingerprint density at radius 2 is 1.48 bits per heavy atom. The van der Waals surface area contributed by atoms with Crippen LogP contribution in [0.2, 0.25) is 0 Å². The van der Waals surface area contributed by atoms with Gasteiger partial charge in [0.25, 0.3) is 23.6 Å². The number of imide groups is 2. The number of rotatable bonds is 7. The highest BCUT2D eigenvalue weighted by atomic mass is 16.2.